The van der Waals surface area contributed by atoms with Crippen LogP contribution in [0.3, 0.4) is 0 Å². The molecule has 5 heteroatoms. The number of benzene rings is 1. The molecule has 1 saturated heterocycles. The van der Waals surface area contributed by atoms with Crippen LogP contribution in [0.15, 0.2) is 18.2 Å². The van der Waals surface area contributed by atoms with Crippen molar-refractivity contribution in [3.8, 4) is 11.5 Å². The zero-order chi connectivity index (χ0) is 15.2. The number of methoxy groups -OCH3 is 2. The molecule has 1 heterocycles. The fourth-order valence-corrected chi connectivity index (χ4v) is 2.73. The van der Waals surface area contributed by atoms with Crippen molar-refractivity contribution in [2.45, 2.75) is 25.8 Å². The summed E-state index contributed by atoms with van der Waals surface area (Å²) >= 11 is 0. The summed E-state index contributed by atoms with van der Waals surface area (Å²) in [5.41, 5.74) is 0.648. The van der Waals surface area contributed by atoms with Gasteiger partial charge < -0.3 is 19.7 Å². The van der Waals surface area contributed by atoms with Gasteiger partial charge in [0.1, 0.15) is 0 Å². The van der Waals surface area contributed by atoms with Crippen molar-refractivity contribution < 1.29 is 14.3 Å². The maximum Gasteiger partial charge on any atom is 0.253 e. The topological polar surface area (TPSA) is 50.8 Å². The Labute approximate surface area is 126 Å². The van der Waals surface area contributed by atoms with Crippen molar-refractivity contribution in [2.24, 2.45) is 0 Å². The molecule has 0 aliphatic carbocycles. The maximum atomic E-state index is 12.5. The van der Waals surface area contributed by atoms with Crippen molar-refractivity contribution in [1.29, 1.82) is 0 Å². The number of ether oxygens (including phenoxy) is 2. The Morgan fingerprint density at radius 2 is 1.90 bits per heavy atom. The number of hydrogen-bond donors (Lipinski definition) is 1. The van der Waals surface area contributed by atoms with Gasteiger partial charge in [-0.05, 0) is 37.6 Å². The standard InChI is InChI=1S/C16H24N2O3/c1-4-17-13-7-9-18(10-8-13)16(19)12-5-6-14(20-2)15(11-12)21-3/h5-6,11,13,17H,4,7-10H2,1-3H3. The van der Waals surface area contributed by atoms with Gasteiger partial charge in [0.15, 0.2) is 11.5 Å². The minimum absolute atomic E-state index is 0.0610. The zero-order valence-corrected chi connectivity index (χ0v) is 13.0. The molecule has 1 aliphatic heterocycles. The minimum Gasteiger partial charge on any atom is -0.493 e. The van der Waals surface area contributed by atoms with Gasteiger partial charge in [-0.1, -0.05) is 6.92 Å². The molecule has 1 aromatic rings. The Morgan fingerprint density at radius 3 is 2.48 bits per heavy atom. The average molecular weight is 292 g/mol. The van der Waals surface area contributed by atoms with Crippen LogP contribution >= 0.6 is 0 Å². The lowest BCUT2D eigenvalue weighted by Crippen LogP contribution is -2.44. The molecule has 0 bridgehead atoms. The Balaban J connectivity index is 2.04. The quantitative estimate of drug-likeness (QED) is 0.901. The number of carbonyl (C=O) groups is 1. The lowest BCUT2D eigenvalue weighted by atomic mass is 10.0. The largest absolute Gasteiger partial charge is 0.493 e. The summed E-state index contributed by atoms with van der Waals surface area (Å²) in [4.78, 5) is 14.5. The van der Waals surface area contributed by atoms with Crippen LogP contribution in [0.4, 0.5) is 0 Å². The van der Waals surface area contributed by atoms with Crippen molar-refractivity contribution >= 4 is 5.91 Å². The number of nitrogens with zero attached hydrogens (tertiary/aromatic N) is 1. The number of rotatable bonds is 5. The molecule has 1 aliphatic rings. The van der Waals surface area contributed by atoms with Gasteiger partial charge >= 0.3 is 0 Å². The van der Waals surface area contributed by atoms with E-state index in [0.29, 0.717) is 23.1 Å². The van der Waals surface area contributed by atoms with E-state index in [4.69, 9.17) is 9.47 Å². The first-order valence-corrected chi connectivity index (χ1v) is 7.44. The highest BCUT2D eigenvalue weighted by Crippen LogP contribution is 2.28. The van der Waals surface area contributed by atoms with Crippen LogP contribution in [0.1, 0.15) is 30.1 Å². The lowest BCUT2D eigenvalue weighted by Gasteiger charge is -2.32. The first-order valence-electron chi connectivity index (χ1n) is 7.44. The molecule has 0 saturated carbocycles. The fraction of sp³-hybridized carbons (Fsp3) is 0.562. The number of carbonyl (C=O) groups excluding carboxylic acids is 1. The van der Waals surface area contributed by atoms with Gasteiger partial charge in [0, 0.05) is 24.7 Å². The molecule has 0 unspecified atom stereocenters. The van der Waals surface area contributed by atoms with Crippen LogP contribution in [-0.4, -0.2) is 50.7 Å². The fourth-order valence-electron chi connectivity index (χ4n) is 2.73. The molecule has 0 spiro atoms. The highest BCUT2D eigenvalue weighted by Gasteiger charge is 2.23. The molecule has 116 valence electrons. The smallest absolute Gasteiger partial charge is 0.253 e. The second kappa shape index (κ2) is 7.31. The van der Waals surface area contributed by atoms with Crippen molar-refractivity contribution in [3.05, 3.63) is 23.8 Å². The average Bonchev–Trinajstić information content (AvgIpc) is 2.54. The van der Waals surface area contributed by atoms with Gasteiger partial charge in [0.25, 0.3) is 5.91 Å². The van der Waals surface area contributed by atoms with Crippen molar-refractivity contribution in [1.82, 2.24) is 10.2 Å². The highest BCUT2D eigenvalue weighted by molar-refractivity contribution is 5.95. The predicted octanol–water partition coefficient (Wildman–Crippen LogP) is 1.92. The zero-order valence-electron chi connectivity index (χ0n) is 13.0. The van der Waals surface area contributed by atoms with Crippen LogP contribution in [0.25, 0.3) is 0 Å². The Kier molecular flexibility index (Phi) is 5.44. The van der Waals surface area contributed by atoms with Crippen LogP contribution in [0.2, 0.25) is 0 Å². The summed E-state index contributed by atoms with van der Waals surface area (Å²) in [6.07, 6.45) is 2.01. The normalized spacial score (nSPS) is 15.9. The third kappa shape index (κ3) is 3.67. The van der Waals surface area contributed by atoms with E-state index < -0.39 is 0 Å². The van der Waals surface area contributed by atoms with E-state index in [1.165, 1.54) is 0 Å². The van der Waals surface area contributed by atoms with E-state index in [1.807, 2.05) is 4.90 Å². The minimum atomic E-state index is 0.0610. The molecule has 5 nitrogen and oxygen atoms in total. The number of likely N-dealkylation sites (tertiary alicyclic amines) is 1. The van der Waals surface area contributed by atoms with E-state index in [1.54, 1.807) is 32.4 Å². The number of hydrogen-bond acceptors (Lipinski definition) is 4. The van der Waals surface area contributed by atoms with E-state index in [-0.39, 0.29) is 5.91 Å². The summed E-state index contributed by atoms with van der Waals surface area (Å²) in [6.45, 7) is 4.69. The molecule has 0 atom stereocenters. The Bertz CT molecular complexity index is 482. The van der Waals surface area contributed by atoms with Crippen LogP contribution in [-0.2, 0) is 0 Å². The van der Waals surface area contributed by atoms with Crippen LogP contribution in [0.5, 0.6) is 11.5 Å². The molecule has 1 N–H and O–H groups in total. The van der Waals surface area contributed by atoms with Crippen molar-refractivity contribution in [2.75, 3.05) is 33.9 Å². The van der Waals surface area contributed by atoms with E-state index in [2.05, 4.69) is 12.2 Å². The summed E-state index contributed by atoms with van der Waals surface area (Å²) in [7, 11) is 3.17. The molecule has 1 fully saturated rings. The van der Waals surface area contributed by atoms with Gasteiger partial charge in [-0.2, -0.15) is 0 Å². The van der Waals surface area contributed by atoms with Gasteiger partial charge in [0.05, 0.1) is 14.2 Å². The van der Waals surface area contributed by atoms with Crippen LogP contribution in [0, 0.1) is 0 Å². The molecular formula is C16H24N2O3. The second-order valence-electron chi connectivity index (χ2n) is 5.19. The van der Waals surface area contributed by atoms with Crippen molar-refractivity contribution in [3.63, 3.8) is 0 Å². The summed E-state index contributed by atoms with van der Waals surface area (Å²) in [5.74, 6) is 1.29. The third-order valence-corrected chi connectivity index (χ3v) is 3.91. The van der Waals surface area contributed by atoms with Gasteiger partial charge in [0.2, 0.25) is 0 Å². The SMILES string of the molecule is CCNC1CCN(C(=O)c2ccc(OC)c(OC)c2)CC1. The van der Waals surface area contributed by atoms with E-state index in [0.717, 1.165) is 32.5 Å². The van der Waals surface area contributed by atoms with Gasteiger partial charge in [-0.25, -0.2) is 0 Å². The lowest BCUT2D eigenvalue weighted by molar-refractivity contribution is 0.0705. The Hall–Kier alpha value is -1.75. The molecule has 1 aromatic carbocycles. The van der Waals surface area contributed by atoms with E-state index >= 15 is 0 Å². The predicted molar refractivity (Wildman–Crippen MR) is 82.1 cm³/mol. The second-order valence-corrected chi connectivity index (χ2v) is 5.19. The van der Waals surface area contributed by atoms with E-state index in [9.17, 15) is 4.79 Å². The monoisotopic (exact) mass is 292 g/mol. The molecule has 1 amide bonds. The van der Waals surface area contributed by atoms with Crippen LogP contribution < -0.4 is 14.8 Å². The third-order valence-electron chi connectivity index (χ3n) is 3.91. The number of nitrogens with one attached hydrogen (secondary N) is 1. The highest BCUT2D eigenvalue weighted by atomic mass is 16.5. The number of piperidine rings is 1. The molecular weight excluding hydrogens is 268 g/mol. The molecule has 21 heavy (non-hydrogen) atoms. The molecule has 0 aromatic heterocycles. The first kappa shape index (κ1) is 15.6. The first-order chi connectivity index (χ1) is 10.2. The number of amides is 1. The summed E-state index contributed by atoms with van der Waals surface area (Å²) in [5, 5.41) is 3.44. The molecule has 2 rings (SSSR count). The van der Waals surface area contributed by atoms with Gasteiger partial charge in [-0.3, -0.25) is 4.79 Å². The maximum absolute atomic E-state index is 12.5. The summed E-state index contributed by atoms with van der Waals surface area (Å²) < 4.78 is 10.5. The molecule has 0 radical (unpaired) electrons. The van der Waals surface area contributed by atoms with Gasteiger partial charge in [-0.15, -0.1) is 0 Å². The summed E-state index contributed by atoms with van der Waals surface area (Å²) in [6, 6.07) is 5.85. The Morgan fingerprint density at radius 1 is 1.24 bits per heavy atom.